The normalized spacial score (nSPS) is 18.1. The molecule has 1 fully saturated rings. The number of aliphatic hydroxyl groups is 1. The first-order chi connectivity index (χ1) is 16.5. The van der Waals surface area contributed by atoms with Crippen molar-refractivity contribution in [1.82, 2.24) is 24.8 Å². The maximum atomic E-state index is 13.0. The first kappa shape index (κ1) is 24.9. The summed E-state index contributed by atoms with van der Waals surface area (Å²) in [5, 5.41) is 10.2. The highest BCUT2D eigenvalue weighted by molar-refractivity contribution is 7.13. The molecule has 2 amide bonds. The average Bonchev–Trinajstić information content (AvgIpc) is 3.52. The van der Waals surface area contributed by atoms with Crippen LogP contribution in [0.4, 0.5) is 4.79 Å². The zero-order valence-electron chi connectivity index (χ0n) is 20.6. The predicted octanol–water partition coefficient (Wildman–Crippen LogP) is 4.16. The Morgan fingerprint density at radius 2 is 2.00 bits per heavy atom. The second-order valence-electron chi connectivity index (χ2n) is 9.83. The number of hydrogen-bond acceptors (Lipinski definition) is 7. The standard InChI is InChI=1S/C25H31N5O4S/c1-15-21(35-14-27-15)17-8-6-16(7-9-17)12-29(5)23(32)19-11-26-22(28-19)20-10-18(31)13-30(20)24(33)34-25(2,3)4/h6-9,11,14,18,20,31H,10,12-13H2,1-5H3,(H,26,28)/t18-,20+/m1/s1. The van der Waals surface area contributed by atoms with Crippen molar-refractivity contribution in [2.24, 2.45) is 0 Å². The van der Waals surface area contributed by atoms with Gasteiger partial charge in [-0.2, -0.15) is 0 Å². The van der Waals surface area contributed by atoms with Crippen molar-refractivity contribution in [3.05, 3.63) is 58.7 Å². The third-order valence-corrected chi connectivity index (χ3v) is 6.75. The van der Waals surface area contributed by atoms with Crippen LogP contribution in [0, 0.1) is 6.92 Å². The van der Waals surface area contributed by atoms with Crippen molar-refractivity contribution in [2.45, 2.75) is 58.4 Å². The molecule has 1 aliphatic heterocycles. The molecule has 2 aromatic heterocycles. The van der Waals surface area contributed by atoms with Crippen LogP contribution in [0.3, 0.4) is 0 Å². The van der Waals surface area contributed by atoms with Crippen LogP contribution >= 0.6 is 11.3 Å². The maximum absolute atomic E-state index is 13.0. The van der Waals surface area contributed by atoms with Crippen LogP contribution in [0.2, 0.25) is 0 Å². The monoisotopic (exact) mass is 497 g/mol. The van der Waals surface area contributed by atoms with E-state index in [9.17, 15) is 14.7 Å². The first-order valence-electron chi connectivity index (χ1n) is 11.5. The van der Waals surface area contributed by atoms with Gasteiger partial charge in [0.25, 0.3) is 5.91 Å². The highest BCUT2D eigenvalue weighted by Crippen LogP contribution is 2.32. The molecular weight excluding hydrogens is 466 g/mol. The molecule has 0 aliphatic carbocycles. The van der Waals surface area contributed by atoms with Crippen LogP contribution in [0.5, 0.6) is 0 Å². The molecule has 0 saturated carbocycles. The number of rotatable bonds is 5. The van der Waals surface area contributed by atoms with E-state index >= 15 is 0 Å². The molecule has 3 heterocycles. The van der Waals surface area contributed by atoms with Crippen LogP contribution in [0.25, 0.3) is 10.4 Å². The third kappa shape index (κ3) is 5.71. The van der Waals surface area contributed by atoms with Gasteiger partial charge in [0.2, 0.25) is 0 Å². The minimum Gasteiger partial charge on any atom is -0.444 e. The minimum atomic E-state index is -0.684. The van der Waals surface area contributed by atoms with Gasteiger partial charge in [-0.25, -0.2) is 14.8 Å². The molecule has 4 rings (SSSR count). The van der Waals surface area contributed by atoms with Gasteiger partial charge < -0.3 is 19.7 Å². The molecule has 2 N–H and O–H groups in total. The van der Waals surface area contributed by atoms with E-state index in [1.54, 1.807) is 50.3 Å². The van der Waals surface area contributed by atoms with E-state index in [1.165, 1.54) is 4.90 Å². The fourth-order valence-electron chi connectivity index (χ4n) is 4.09. The predicted molar refractivity (Wildman–Crippen MR) is 133 cm³/mol. The Morgan fingerprint density at radius 1 is 1.29 bits per heavy atom. The number of β-amino-alcohol motifs (C(OH)–C–C–N with tert-alkyl or cyclic N) is 1. The fraction of sp³-hybridized carbons (Fsp3) is 0.440. The number of hydrogen-bond donors (Lipinski definition) is 2. The molecule has 2 atom stereocenters. The van der Waals surface area contributed by atoms with E-state index in [4.69, 9.17) is 4.74 Å². The van der Waals surface area contributed by atoms with Gasteiger partial charge in [-0.3, -0.25) is 9.69 Å². The summed E-state index contributed by atoms with van der Waals surface area (Å²) in [4.78, 5) is 41.6. The lowest BCUT2D eigenvalue weighted by Crippen LogP contribution is -2.37. The van der Waals surface area contributed by atoms with Crippen molar-refractivity contribution in [3.8, 4) is 10.4 Å². The number of thiazole rings is 1. The molecule has 0 radical (unpaired) electrons. The molecule has 0 bridgehead atoms. The second-order valence-corrected chi connectivity index (χ2v) is 10.7. The van der Waals surface area contributed by atoms with E-state index in [-0.39, 0.29) is 18.1 Å². The lowest BCUT2D eigenvalue weighted by molar-refractivity contribution is 0.0201. The van der Waals surface area contributed by atoms with E-state index in [0.29, 0.717) is 18.8 Å². The number of ether oxygens (including phenoxy) is 1. The Labute approximate surface area is 208 Å². The second kappa shape index (κ2) is 9.79. The van der Waals surface area contributed by atoms with Crippen molar-refractivity contribution < 1.29 is 19.4 Å². The molecule has 3 aromatic rings. The van der Waals surface area contributed by atoms with Crippen molar-refractivity contribution >= 4 is 23.3 Å². The molecule has 1 aliphatic rings. The van der Waals surface area contributed by atoms with Crippen LogP contribution < -0.4 is 0 Å². The van der Waals surface area contributed by atoms with E-state index in [2.05, 4.69) is 15.0 Å². The van der Waals surface area contributed by atoms with Gasteiger partial charge in [0.1, 0.15) is 17.1 Å². The summed E-state index contributed by atoms with van der Waals surface area (Å²) < 4.78 is 5.48. The van der Waals surface area contributed by atoms with Gasteiger partial charge in [0, 0.05) is 26.2 Å². The number of nitrogens with one attached hydrogen (secondary N) is 1. The summed E-state index contributed by atoms with van der Waals surface area (Å²) in [6.45, 7) is 7.94. The Bertz CT molecular complexity index is 1200. The van der Waals surface area contributed by atoms with Gasteiger partial charge >= 0.3 is 6.09 Å². The van der Waals surface area contributed by atoms with Gasteiger partial charge in [0.05, 0.1) is 34.8 Å². The molecule has 1 saturated heterocycles. The van der Waals surface area contributed by atoms with Crippen molar-refractivity contribution in [1.29, 1.82) is 0 Å². The van der Waals surface area contributed by atoms with Gasteiger partial charge in [0.15, 0.2) is 0 Å². The number of aromatic amines is 1. The lowest BCUT2D eigenvalue weighted by atomic mass is 10.1. The quantitative estimate of drug-likeness (QED) is 0.548. The summed E-state index contributed by atoms with van der Waals surface area (Å²) in [7, 11) is 1.73. The topological polar surface area (TPSA) is 112 Å². The lowest BCUT2D eigenvalue weighted by Gasteiger charge is -2.27. The van der Waals surface area contributed by atoms with E-state index < -0.39 is 23.8 Å². The van der Waals surface area contributed by atoms with Crippen molar-refractivity contribution in [3.63, 3.8) is 0 Å². The van der Waals surface area contributed by atoms with E-state index in [1.807, 2.05) is 36.7 Å². The highest BCUT2D eigenvalue weighted by atomic mass is 32.1. The number of H-pyrrole nitrogens is 1. The van der Waals surface area contributed by atoms with Gasteiger partial charge in [-0.05, 0) is 38.8 Å². The van der Waals surface area contributed by atoms with Crippen LogP contribution in [0.1, 0.15) is 60.8 Å². The Morgan fingerprint density at radius 3 is 2.63 bits per heavy atom. The van der Waals surface area contributed by atoms with Crippen LogP contribution in [-0.4, -0.2) is 67.2 Å². The summed E-state index contributed by atoms with van der Waals surface area (Å²) in [6.07, 6.45) is 0.664. The number of carbonyl (C=O) groups excluding carboxylic acids is 2. The SMILES string of the molecule is Cc1ncsc1-c1ccc(CN(C)C(=O)c2c[nH]c([C@@H]3C[C@@H](O)CN3C(=O)OC(C)(C)C)n2)cc1. The Kier molecular flexibility index (Phi) is 6.95. The first-order valence-corrected chi connectivity index (χ1v) is 12.4. The molecule has 1 aromatic carbocycles. The molecule has 10 heteroatoms. The van der Waals surface area contributed by atoms with Crippen LogP contribution in [0.15, 0.2) is 36.0 Å². The zero-order valence-corrected chi connectivity index (χ0v) is 21.4. The van der Waals surface area contributed by atoms with Gasteiger partial charge in [-0.15, -0.1) is 11.3 Å². The number of amides is 2. The van der Waals surface area contributed by atoms with Crippen LogP contribution in [-0.2, 0) is 11.3 Å². The minimum absolute atomic E-state index is 0.153. The number of aryl methyl sites for hydroxylation is 1. The number of imidazole rings is 1. The van der Waals surface area contributed by atoms with Gasteiger partial charge in [-0.1, -0.05) is 24.3 Å². The number of carbonyl (C=O) groups is 2. The van der Waals surface area contributed by atoms with E-state index in [0.717, 1.165) is 21.7 Å². The summed E-state index contributed by atoms with van der Waals surface area (Å²) in [5.74, 6) is 0.214. The summed E-state index contributed by atoms with van der Waals surface area (Å²) in [6, 6.07) is 7.60. The van der Waals surface area contributed by atoms with Crippen molar-refractivity contribution in [2.75, 3.05) is 13.6 Å². The zero-order chi connectivity index (χ0) is 25.3. The third-order valence-electron chi connectivity index (χ3n) is 5.77. The summed E-state index contributed by atoms with van der Waals surface area (Å²) >= 11 is 1.61. The maximum Gasteiger partial charge on any atom is 0.411 e. The largest absolute Gasteiger partial charge is 0.444 e. The number of likely N-dealkylation sites (tertiary alicyclic amines) is 1. The highest BCUT2D eigenvalue weighted by Gasteiger charge is 2.39. The molecule has 0 spiro atoms. The Balaban J connectivity index is 1.42. The fourth-order valence-corrected chi connectivity index (χ4v) is 4.91. The Hall–Kier alpha value is -3.24. The number of benzene rings is 1. The number of aromatic nitrogens is 3. The molecular formula is C25H31N5O4S. The number of aliphatic hydroxyl groups excluding tert-OH is 1. The molecule has 9 nitrogen and oxygen atoms in total. The molecule has 35 heavy (non-hydrogen) atoms. The smallest absolute Gasteiger partial charge is 0.411 e. The average molecular weight is 498 g/mol. The molecule has 186 valence electrons. The molecule has 0 unspecified atom stereocenters. The summed E-state index contributed by atoms with van der Waals surface area (Å²) in [5.41, 5.74) is 4.54. The number of nitrogens with zero attached hydrogens (tertiary/aromatic N) is 4.